The number of nitrogens with zero attached hydrogens (tertiary/aromatic N) is 5. The smallest absolute Gasteiger partial charge is 0.435 e. The number of rotatable bonds is 7. The van der Waals surface area contributed by atoms with Crippen LogP contribution in [0.1, 0.15) is 23.1 Å². The summed E-state index contributed by atoms with van der Waals surface area (Å²) in [7, 11) is 2.69. The van der Waals surface area contributed by atoms with Gasteiger partial charge in [0.2, 0.25) is 0 Å². The molecule has 1 saturated heterocycles. The van der Waals surface area contributed by atoms with E-state index in [1.807, 2.05) is 6.92 Å². The number of carbonyl (C=O) groups is 2. The van der Waals surface area contributed by atoms with Gasteiger partial charge < -0.3 is 19.7 Å². The second-order valence-electron chi connectivity index (χ2n) is 8.34. The van der Waals surface area contributed by atoms with Crippen LogP contribution in [0.2, 0.25) is 0 Å². The third-order valence-corrected chi connectivity index (χ3v) is 6.06. The lowest BCUT2D eigenvalue weighted by molar-refractivity contribution is -0.148. The standard InChI is InChI=1S/C24H25F3N6O4/c1-4-33-11-14(9-29-33)17-6-5-7-18(30-17)22(34)31-19-8-15(10-28-21(19)24(25,26)27)32-12-16(23(35)37-3)20(13-32)36-2/h5-11,16,20H,4,12-13H2,1-3H3,(H,31,34)/t16-,20-/m1/s1. The van der Waals surface area contributed by atoms with Crippen molar-refractivity contribution in [2.24, 2.45) is 5.92 Å². The van der Waals surface area contributed by atoms with Crippen LogP contribution in [0.15, 0.2) is 42.9 Å². The third kappa shape index (κ3) is 5.56. The van der Waals surface area contributed by atoms with Crippen LogP contribution in [-0.2, 0) is 27.0 Å². The number of hydrogen-bond acceptors (Lipinski definition) is 8. The van der Waals surface area contributed by atoms with Gasteiger partial charge in [-0.3, -0.25) is 14.3 Å². The molecule has 0 aromatic carbocycles. The molecule has 0 spiro atoms. The summed E-state index contributed by atoms with van der Waals surface area (Å²) in [6.45, 7) is 2.94. The van der Waals surface area contributed by atoms with Gasteiger partial charge in [-0.05, 0) is 25.1 Å². The van der Waals surface area contributed by atoms with Crippen LogP contribution in [0, 0.1) is 5.92 Å². The number of carbonyl (C=O) groups excluding carboxylic acids is 2. The zero-order chi connectivity index (χ0) is 26.7. The highest BCUT2D eigenvalue weighted by molar-refractivity contribution is 6.03. The maximum Gasteiger partial charge on any atom is 0.435 e. The molecule has 10 nitrogen and oxygen atoms in total. The van der Waals surface area contributed by atoms with Crippen molar-refractivity contribution in [3.63, 3.8) is 0 Å². The molecule has 4 rings (SSSR count). The van der Waals surface area contributed by atoms with E-state index in [2.05, 4.69) is 20.4 Å². The van der Waals surface area contributed by atoms with E-state index in [4.69, 9.17) is 9.47 Å². The van der Waals surface area contributed by atoms with Gasteiger partial charge in [-0.1, -0.05) is 6.07 Å². The van der Waals surface area contributed by atoms with Crippen LogP contribution >= 0.6 is 0 Å². The van der Waals surface area contributed by atoms with Crippen molar-refractivity contribution >= 4 is 23.3 Å². The van der Waals surface area contributed by atoms with Gasteiger partial charge in [0.25, 0.3) is 5.91 Å². The molecule has 13 heteroatoms. The van der Waals surface area contributed by atoms with E-state index in [0.29, 0.717) is 17.8 Å². The summed E-state index contributed by atoms with van der Waals surface area (Å²) < 4.78 is 53.0. The lowest BCUT2D eigenvalue weighted by Crippen LogP contribution is -2.29. The number of hydrogen-bond donors (Lipinski definition) is 1. The lowest BCUT2D eigenvalue weighted by atomic mass is 10.1. The molecule has 0 radical (unpaired) electrons. The Kier molecular flexibility index (Phi) is 7.43. The highest BCUT2D eigenvalue weighted by Crippen LogP contribution is 2.36. The Hall–Kier alpha value is -4.00. The van der Waals surface area contributed by atoms with Gasteiger partial charge in [0, 0.05) is 38.5 Å². The molecule has 1 fully saturated rings. The molecule has 0 saturated carbocycles. The second kappa shape index (κ2) is 10.5. The molecule has 4 heterocycles. The van der Waals surface area contributed by atoms with Crippen molar-refractivity contribution < 1.29 is 32.2 Å². The third-order valence-electron chi connectivity index (χ3n) is 6.06. The maximum atomic E-state index is 13.7. The van der Waals surface area contributed by atoms with Gasteiger partial charge in [0.15, 0.2) is 5.69 Å². The van der Waals surface area contributed by atoms with Crippen LogP contribution in [0.5, 0.6) is 0 Å². The molecule has 1 aliphatic heterocycles. The summed E-state index contributed by atoms with van der Waals surface area (Å²) in [6, 6.07) is 5.84. The summed E-state index contributed by atoms with van der Waals surface area (Å²) in [5.41, 5.74) is -0.463. The number of esters is 1. The van der Waals surface area contributed by atoms with Crippen molar-refractivity contribution in [2.75, 3.05) is 37.5 Å². The number of methoxy groups -OCH3 is 2. The fraction of sp³-hybridized carbons (Fsp3) is 0.375. The molecule has 3 aromatic rings. The number of aryl methyl sites for hydroxylation is 1. The molecular formula is C24H25F3N6O4. The first-order valence-corrected chi connectivity index (χ1v) is 11.4. The summed E-state index contributed by atoms with van der Waals surface area (Å²) in [6.07, 6.45) is -0.941. The number of ether oxygens (including phenoxy) is 2. The van der Waals surface area contributed by atoms with Crippen molar-refractivity contribution in [3.05, 3.63) is 54.2 Å². The Bertz CT molecular complexity index is 1300. The van der Waals surface area contributed by atoms with Crippen molar-refractivity contribution in [2.45, 2.75) is 25.7 Å². The second-order valence-corrected chi connectivity index (χ2v) is 8.34. The molecule has 2 atom stereocenters. The van der Waals surface area contributed by atoms with Crippen LogP contribution < -0.4 is 10.2 Å². The number of halogens is 3. The van der Waals surface area contributed by atoms with Crippen molar-refractivity contribution in [1.29, 1.82) is 0 Å². The van der Waals surface area contributed by atoms with E-state index in [9.17, 15) is 22.8 Å². The van der Waals surface area contributed by atoms with Gasteiger partial charge in [-0.25, -0.2) is 9.97 Å². The molecule has 1 aliphatic rings. The monoisotopic (exact) mass is 518 g/mol. The molecule has 0 unspecified atom stereocenters. The topological polar surface area (TPSA) is 111 Å². The minimum Gasteiger partial charge on any atom is -0.469 e. The SMILES string of the molecule is CCn1cc(-c2cccc(C(=O)Nc3cc(N4C[C@@H](OC)[C@H](C(=O)OC)C4)cnc3C(F)(F)F)n2)cn1. The van der Waals surface area contributed by atoms with E-state index < -0.39 is 41.5 Å². The molecule has 3 aromatic heterocycles. The van der Waals surface area contributed by atoms with E-state index in [1.165, 1.54) is 26.4 Å². The number of aromatic nitrogens is 4. The number of pyridine rings is 2. The van der Waals surface area contributed by atoms with E-state index in [-0.39, 0.29) is 24.5 Å². The zero-order valence-corrected chi connectivity index (χ0v) is 20.3. The normalized spacial score (nSPS) is 17.6. The van der Waals surface area contributed by atoms with Gasteiger partial charge in [0.05, 0.1) is 42.7 Å². The lowest BCUT2D eigenvalue weighted by Gasteiger charge is -2.21. The maximum absolute atomic E-state index is 13.7. The molecule has 1 amide bonds. The average Bonchev–Trinajstić information content (AvgIpc) is 3.55. The van der Waals surface area contributed by atoms with Gasteiger partial charge in [0.1, 0.15) is 11.6 Å². The van der Waals surface area contributed by atoms with E-state index in [1.54, 1.807) is 34.1 Å². The minimum absolute atomic E-state index is 0.0772. The summed E-state index contributed by atoms with van der Waals surface area (Å²) in [4.78, 5) is 34.6. The first-order chi connectivity index (χ1) is 17.6. The Labute approximate surface area is 210 Å². The zero-order valence-electron chi connectivity index (χ0n) is 20.3. The molecule has 196 valence electrons. The van der Waals surface area contributed by atoms with E-state index >= 15 is 0 Å². The predicted octanol–water partition coefficient (Wildman–Crippen LogP) is 3.26. The fourth-order valence-corrected chi connectivity index (χ4v) is 4.13. The summed E-state index contributed by atoms with van der Waals surface area (Å²) in [5.74, 6) is -1.95. The first-order valence-electron chi connectivity index (χ1n) is 11.4. The van der Waals surface area contributed by atoms with Crippen LogP contribution in [0.4, 0.5) is 24.5 Å². The number of amides is 1. The van der Waals surface area contributed by atoms with Crippen molar-refractivity contribution in [1.82, 2.24) is 19.7 Å². The Morgan fingerprint density at radius 2 is 1.97 bits per heavy atom. The van der Waals surface area contributed by atoms with Crippen LogP contribution in [0.3, 0.4) is 0 Å². The minimum atomic E-state index is -4.82. The molecule has 37 heavy (non-hydrogen) atoms. The Morgan fingerprint density at radius 1 is 1.19 bits per heavy atom. The first kappa shape index (κ1) is 26.1. The number of anilines is 2. The Morgan fingerprint density at radius 3 is 2.62 bits per heavy atom. The largest absolute Gasteiger partial charge is 0.469 e. The quantitative estimate of drug-likeness (QED) is 0.475. The highest BCUT2D eigenvalue weighted by atomic mass is 19.4. The molecule has 0 aliphatic carbocycles. The predicted molar refractivity (Wildman–Crippen MR) is 127 cm³/mol. The van der Waals surface area contributed by atoms with Crippen LogP contribution in [-0.4, -0.2) is 65.0 Å². The average molecular weight is 518 g/mol. The van der Waals surface area contributed by atoms with Gasteiger partial charge in [-0.2, -0.15) is 18.3 Å². The van der Waals surface area contributed by atoms with Gasteiger partial charge in [-0.15, -0.1) is 0 Å². The molecule has 1 N–H and O–H groups in total. The molecule has 0 bridgehead atoms. The number of nitrogens with one attached hydrogen (secondary N) is 1. The van der Waals surface area contributed by atoms with Crippen LogP contribution in [0.25, 0.3) is 11.3 Å². The fourth-order valence-electron chi connectivity index (χ4n) is 4.13. The summed E-state index contributed by atoms with van der Waals surface area (Å²) in [5, 5.41) is 6.48. The number of alkyl halides is 3. The molecular weight excluding hydrogens is 493 g/mol. The summed E-state index contributed by atoms with van der Waals surface area (Å²) >= 11 is 0. The Balaban J connectivity index is 1.62. The van der Waals surface area contributed by atoms with Gasteiger partial charge >= 0.3 is 12.1 Å². The van der Waals surface area contributed by atoms with Crippen molar-refractivity contribution in [3.8, 4) is 11.3 Å². The van der Waals surface area contributed by atoms with E-state index in [0.717, 1.165) is 6.20 Å². The highest BCUT2D eigenvalue weighted by Gasteiger charge is 2.40.